The van der Waals surface area contributed by atoms with Crippen molar-refractivity contribution >= 4 is 23.1 Å². The molecule has 2 aromatic heterocycles. The first kappa shape index (κ1) is 12.2. The second-order valence-electron chi connectivity index (χ2n) is 4.66. The van der Waals surface area contributed by atoms with Crippen molar-refractivity contribution in [2.75, 3.05) is 5.32 Å². The summed E-state index contributed by atoms with van der Waals surface area (Å²) in [6, 6.07) is 5.76. The number of hydrogen-bond acceptors (Lipinski definition) is 4. The summed E-state index contributed by atoms with van der Waals surface area (Å²) in [5, 5.41) is 3.26. The van der Waals surface area contributed by atoms with Crippen LogP contribution in [-0.4, -0.2) is 10.9 Å². The second-order valence-corrected chi connectivity index (χ2v) is 5.89. The zero-order valence-electron chi connectivity index (χ0n) is 10.5. The van der Waals surface area contributed by atoms with Gasteiger partial charge in [0.15, 0.2) is 0 Å². The number of carbonyl (C=O) groups excluding carboxylic acids is 1. The van der Waals surface area contributed by atoms with E-state index in [9.17, 15) is 4.79 Å². The lowest BCUT2D eigenvalue weighted by atomic mass is 10.2. The van der Waals surface area contributed by atoms with Crippen LogP contribution in [0.1, 0.15) is 32.1 Å². The van der Waals surface area contributed by atoms with E-state index >= 15 is 0 Å². The van der Waals surface area contributed by atoms with Crippen LogP contribution in [0.2, 0.25) is 0 Å². The van der Waals surface area contributed by atoms with Gasteiger partial charge in [-0.2, -0.15) is 0 Å². The van der Waals surface area contributed by atoms with Gasteiger partial charge in [0.2, 0.25) is 5.91 Å². The number of nitrogens with two attached hydrogens (primary N) is 1. The molecule has 1 aliphatic rings. The highest BCUT2D eigenvalue weighted by Gasteiger charge is 2.14. The lowest BCUT2D eigenvalue weighted by molar-refractivity contribution is 0.1000. The Morgan fingerprint density at radius 3 is 3.00 bits per heavy atom. The summed E-state index contributed by atoms with van der Waals surface area (Å²) in [5.41, 5.74) is 7.12. The van der Waals surface area contributed by atoms with Gasteiger partial charge in [-0.05, 0) is 43.0 Å². The molecule has 19 heavy (non-hydrogen) atoms. The number of carbonyl (C=O) groups is 1. The van der Waals surface area contributed by atoms with Crippen molar-refractivity contribution in [2.45, 2.75) is 25.8 Å². The number of pyridine rings is 1. The third-order valence-electron chi connectivity index (χ3n) is 3.29. The predicted molar refractivity (Wildman–Crippen MR) is 76.4 cm³/mol. The number of aromatic nitrogens is 1. The summed E-state index contributed by atoms with van der Waals surface area (Å²) in [7, 11) is 0. The molecule has 1 amide bonds. The number of thiophene rings is 1. The van der Waals surface area contributed by atoms with Gasteiger partial charge in [0.1, 0.15) is 5.82 Å². The Morgan fingerprint density at radius 1 is 1.42 bits per heavy atom. The SMILES string of the molecule is NC(=O)c1ccc(NCc2cc3c(s2)CCC3)nc1. The third-order valence-corrected chi connectivity index (χ3v) is 4.53. The maximum atomic E-state index is 10.9. The van der Waals surface area contributed by atoms with Gasteiger partial charge >= 0.3 is 0 Å². The van der Waals surface area contributed by atoms with Crippen molar-refractivity contribution in [2.24, 2.45) is 5.73 Å². The third kappa shape index (κ3) is 2.61. The first-order valence-electron chi connectivity index (χ1n) is 6.32. The molecule has 2 heterocycles. The fourth-order valence-corrected chi connectivity index (χ4v) is 3.50. The maximum absolute atomic E-state index is 10.9. The Labute approximate surface area is 115 Å². The summed E-state index contributed by atoms with van der Waals surface area (Å²) >= 11 is 1.88. The molecule has 0 spiro atoms. The van der Waals surface area contributed by atoms with Crippen molar-refractivity contribution in [3.8, 4) is 0 Å². The summed E-state index contributed by atoms with van der Waals surface area (Å²) in [5.74, 6) is 0.312. The van der Waals surface area contributed by atoms with Crippen molar-refractivity contribution in [3.63, 3.8) is 0 Å². The van der Waals surface area contributed by atoms with Crippen LogP contribution in [0, 0.1) is 0 Å². The number of hydrogen-bond donors (Lipinski definition) is 2. The molecule has 0 atom stereocenters. The highest BCUT2D eigenvalue weighted by atomic mass is 32.1. The zero-order valence-corrected chi connectivity index (χ0v) is 11.3. The summed E-state index contributed by atoms with van der Waals surface area (Å²) in [6.07, 6.45) is 5.24. The van der Waals surface area contributed by atoms with E-state index in [2.05, 4.69) is 16.4 Å². The van der Waals surface area contributed by atoms with E-state index < -0.39 is 5.91 Å². The minimum atomic E-state index is -0.450. The molecule has 4 nitrogen and oxygen atoms in total. The van der Waals surface area contributed by atoms with Crippen LogP contribution in [0.4, 0.5) is 5.82 Å². The molecule has 0 unspecified atom stereocenters. The van der Waals surface area contributed by atoms with E-state index in [1.165, 1.54) is 40.8 Å². The minimum absolute atomic E-state index is 0.431. The van der Waals surface area contributed by atoms with Crippen molar-refractivity contribution < 1.29 is 4.79 Å². The smallest absolute Gasteiger partial charge is 0.250 e. The number of nitrogens with one attached hydrogen (secondary N) is 1. The average molecular weight is 273 g/mol. The van der Waals surface area contributed by atoms with Crippen molar-refractivity contribution in [1.82, 2.24) is 4.98 Å². The van der Waals surface area contributed by atoms with Crippen LogP contribution in [0.3, 0.4) is 0 Å². The van der Waals surface area contributed by atoms with Gasteiger partial charge in [-0.15, -0.1) is 11.3 Å². The van der Waals surface area contributed by atoms with Crippen LogP contribution >= 0.6 is 11.3 Å². The normalized spacial score (nSPS) is 13.3. The number of aryl methyl sites for hydroxylation is 2. The van der Waals surface area contributed by atoms with Gasteiger partial charge in [-0.25, -0.2) is 4.98 Å². The molecule has 0 saturated carbocycles. The molecule has 0 fully saturated rings. The molecule has 1 aliphatic carbocycles. The summed E-state index contributed by atoms with van der Waals surface area (Å²) < 4.78 is 0. The largest absolute Gasteiger partial charge is 0.366 e. The molecule has 0 radical (unpaired) electrons. The first-order chi connectivity index (χ1) is 9.22. The number of rotatable bonds is 4. The Bertz CT molecular complexity index is 582. The topological polar surface area (TPSA) is 68.0 Å². The molecular formula is C14H15N3OS. The van der Waals surface area contributed by atoms with Gasteiger partial charge < -0.3 is 11.1 Å². The van der Waals surface area contributed by atoms with E-state index in [0.717, 1.165) is 12.4 Å². The van der Waals surface area contributed by atoms with Crippen molar-refractivity contribution in [1.29, 1.82) is 0 Å². The highest BCUT2D eigenvalue weighted by Crippen LogP contribution is 2.30. The standard InChI is InChI=1S/C14H15N3OS/c15-14(18)10-4-5-13(16-7-10)17-8-11-6-9-2-1-3-12(9)19-11/h4-7H,1-3,8H2,(H2,15,18)(H,16,17). The lowest BCUT2D eigenvalue weighted by Crippen LogP contribution is -2.11. The number of nitrogens with zero attached hydrogens (tertiary/aromatic N) is 1. The molecule has 0 aromatic carbocycles. The molecule has 98 valence electrons. The van der Waals surface area contributed by atoms with E-state index in [1.807, 2.05) is 11.3 Å². The summed E-state index contributed by atoms with van der Waals surface area (Å²) in [6.45, 7) is 0.778. The van der Waals surface area contributed by atoms with Crippen LogP contribution in [0.15, 0.2) is 24.4 Å². The lowest BCUT2D eigenvalue weighted by Gasteiger charge is -2.04. The molecule has 3 rings (SSSR count). The van der Waals surface area contributed by atoms with E-state index in [4.69, 9.17) is 5.73 Å². The number of primary amides is 1. The van der Waals surface area contributed by atoms with Gasteiger partial charge in [0.25, 0.3) is 0 Å². The molecule has 0 bridgehead atoms. The predicted octanol–water partition coefficient (Wildman–Crippen LogP) is 2.34. The molecular weight excluding hydrogens is 258 g/mol. The fourth-order valence-electron chi connectivity index (χ4n) is 2.30. The Balaban J connectivity index is 1.63. The number of fused-ring (bicyclic) bond motifs is 1. The fraction of sp³-hybridized carbons (Fsp3) is 0.286. The zero-order chi connectivity index (χ0) is 13.2. The minimum Gasteiger partial charge on any atom is -0.366 e. The summed E-state index contributed by atoms with van der Waals surface area (Å²) in [4.78, 5) is 18.0. The van der Waals surface area contributed by atoms with E-state index in [0.29, 0.717) is 5.56 Å². The Kier molecular flexibility index (Phi) is 3.21. The monoisotopic (exact) mass is 273 g/mol. The van der Waals surface area contributed by atoms with Gasteiger partial charge in [0.05, 0.1) is 12.1 Å². The van der Waals surface area contributed by atoms with Gasteiger partial charge in [0, 0.05) is 16.0 Å². The molecule has 2 aromatic rings. The van der Waals surface area contributed by atoms with Crippen LogP contribution in [-0.2, 0) is 19.4 Å². The number of amides is 1. The quantitative estimate of drug-likeness (QED) is 0.898. The van der Waals surface area contributed by atoms with Crippen molar-refractivity contribution in [3.05, 3.63) is 45.3 Å². The van der Waals surface area contributed by atoms with E-state index in [1.54, 1.807) is 12.1 Å². The van der Waals surface area contributed by atoms with Crippen LogP contribution in [0.5, 0.6) is 0 Å². The maximum Gasteiger partial charge on any atom is 0.250 e. The molecule has 3 N–H and O–H groups in total. The van der Waals surface area contributed by atoms with Crippen LogP contribution in [0.25, 0.3) is 0 Å². The number of anilines is 1. The van der Waals surface area contributed by atoms with Gasteiger partial charge in [-0.1, -0.05) is 0 Å². The first-order valence-corrected chi connectivity index (χ1v) is 7.14. The Morgan fingerprint density at radius 2 is 2.32 bits per heavy atom. The van der Waals surface area contributed by atoms with E-state index in [-0.39, 0.29) is 0 Å². The molecule has 5 heteroatoms. The molecule has 0 aliphatic heterocycles. The second kappa shape index (κ2) is 5.01. The Hall–Kier alpha value is -1.88. The highest BCUT2D eigenvalue weighted by molar-refractivity contribution is 7.12. The molecule has 0 saturated heterocycles. The van der Waals surface area contributed by atoms with Gasteiger partial charge in [-0.3, -0.25) is 4.79 Å². The van der Waals surface area contributed by atoms with Crippen LogP contribution < -0.4 is 11.1 Å². The average Bonchev–Trinajstić information content (AvgIpc) is 2.97.